The van der Waals surface area contributed by atoms with E-state index in [1.807, 2.05) is 13.0 Å². The van der Waals surface area contributed by atoms with Crippen molar-refractivity contribution in [2.24, 2.45) is 5.92 Å². The van der Waals surface area contributed by atoms with Crippen molar-refractivity contribution < 1.29 is 4.79 Å². The molecule has 0 aliphatic rings. The second-order valence-electron chi connectivity index (χ2n) is 4.49. The van der Waals surface area contributed by atoms with Crippen molar-refractivity contribution in [3.63, 3.8) is 0 Å². The zero-order valence-electron chi connectivity index (χ0n) is 10.6. The Balaban J connectivity index is 2.58. The first-order valence-corrected chi connectivity index (χ1v) is 7.34. The number of carbonyl (C=O) groups excluding carboxylic acids is 1. The fraction of sp³-hybridized carbons (Fsp3) is 0.500. The van der Waals surface area contributed by atoms with E-state index in [-0.39, 0.29) is 11.9 Å². The van der Waals surface area contributed by atoms with Crippen LogP contribution in [-0.4, -0.2) is 23.5 Å². The fourth-order valence-electron chi connectivity index (χ4n) is 1.25. The Morgan fingerprint density at radius 2 is 2.06 bits per heavy atom. The Morgan fingerprint density at radius 1 is 1.39 bits per heavy atom. The molecule has 0 fully saturated rings. The van der Waals surface area contributed by atoms with Crippen LogP contribution in [0.3, 0.4) is 0 Å². The largest absolute Gasteiger partial charge is 0.358 e. The van der Waals surface area contributed by atoms with Gasteiger partial charge in [-0.05, 0) is 50.8 Å². The molecular weight excluding hydrogens is 362 g/mol. The van der Waals surface area contributed by atoms with Gasteiger partial charge in [0, 0.05) is 17.2 Å². The van der Waals surface area contributed by atoms with Gasteiger partial charge in [-0.25, -0.2) is 4.98 Å². The topological polar surface area (TPSA) is 54.0 Å². The molecule has 0 radical (unpaired) electrons. The van der Waals surface area contributed by atoms with Gasteiger partial charge in [-0.2, -0.15) is 0 Å². The molecule has 6 heteroatoms. The van der Waals surface area contributed by atoms with Crippen LogP contribution in [0.15, 0.2) is 21.2 Å². The van der Waals surface area contributed by atoms with Gasteiger partial charge < -0.3 is 10.6 Å². The second-order valence-corrected chi connectivity index (χ2v) is 6.26. The number of nitrogens with zero attached hydrogens (tertiary/aromatic N) is 1. The normalized spacial score (nSPS) is 12.3. The SMILES string of the molecule is CC(C)CNC(=O)C(C)Nc1ncc(Br)cc1Br. The van der Waals surface area contributed by atoms with E-state index >= 15 is 0 Å². The van der Waals surface area contributed by atoms with Crippen LogP contribution >= 0.6 is 31.9 Å². The zero-order chi connectivity index (χ0) is 13.7. The molecule has 0 aliphatic heterocycles. The van der Waals surface area contributed by atoms with Crippen LogP contribution in [0.25, 0.3) is 0 Å². The maximum atomic E-state index is 11.8. The third-order valence-corrected chi connectivity index (χ3v) is 3.28. The summed E-state index contributed by atoms with van der Waals surface area (Å²) >= 11 is 6.73. The summed E-state index contributed by atoms with van der Waals surface area (Å²) in [5.41, 5.74) is 0. The Labute approximate surface area is 124 Å². The third kappa shape index (κ3) is 4.94. The Hall–Kier alpha value is -0.620. The van der Waals surface area contributed by atoms with Gasteiger partial charge in [0.05, 0.1) is 4.47 Å². The van der Waals surface area contributed by atoms with Crippen molar-refractivity contribution >= 4 is 43.6 Å². The molecule has 0 saturated carbocycles. The summed E-state index contributed by atoms with van der Waals surface area (Å²) in [5.74, 6) is 1.07. The van der Waals surface area contributed by atoms with Gasteiger partial charge in [0.15, 0.2) is 0 Å². The summed E-state index contributed by atoms with van der Waals surface area (Å²) in [4.78, 5) is 16.0. The van der Waals surface area contributed by atoms with Crippen LogP contribution in [0.4, 0.5) is 5.82 Å². The number of amides is 1. The minimum absolute atomic E-state index is 0.0275. The minimum atomic E-state index is -0.325. The summed E-state index contributed by atoms with van der Waals surface area (Å²) in [7, 11) is 0. The van der Waals surface area contributed by atoms with E-state index in [2.05, 4.69) is 61.3 Å². The summed E-state index contributed by atoms with van der Waals surface area (Å²) < 4.78 is 1.71. The molecule has 1 atom stereocenters. The molecule has 1 amide bonds. The van der Waals surface area contributed by atoms with Gasteiger partial charge in [-0.1, -0.05) is 13.8 Å². The van der Waals surface area contributed by atoms with Gasteiger partial charge in [0.2, 0.25) is 5.91 Å². The number of pyridine rings is 1. The molecule has 0 aliphatic carbocycles. The number of halogens is 2. The van der Waals surface area contributed by atoms with E-state index in [0.717, 1.165) is 8.95 Å². The lowest BCUT2D eigenvalue weighted by molar-refractivity contribution is -0.121. The lowest BCUT2D eigenvalue weighted by atomic mass is 10.2. The van der Waals surface area contributed by atoms with E-state index < -0.39 is 0 Å². The molecule has 0 spiro atoms. The lowest BCUT2D eigenvalue weighted by Crippen LogP contribution is -2.39. The number of nitrogens with one attached hydrogen (secondary N) is 2. The van der Waals surface area contributed by atoms with Gasteiger partial charge in [-0.3, -0.25) is 4.79 Å². The standard InChI is InChI=1S/C12H17Br2N3O/c1-7(2)5-16-12(18)8(3)17-11-10(14)4-9(13)6-15-11/h4,6-8H,5H2,1-3H3,(H,15,17)(H,16,18). The van der Waals surface area contributed by atoms with Crippen molar-refractivity contribution in [1.29, 1.82) is 0 Å². The van der Waals surface area contributed by atoms with Crippen LogP contribution < -0.4 is 10.6 Å². The van der Waals surface area contributed by atoms with Crippen LogP contribution in [0.1, 0.15) is 20.8 Å². The van der Waals surface area contributed by atoms with Gasteiger partial charge >= 0.3 is 0 Å². The van der Waals surface area contributed by atoms with E-state index in [4.69, 9.17) is 0 Å². The molecule has 1 heterocycles. The monoisotopic (exact) mass is 377 g/mol. The number of rotatable bonds is 5. The van der Waals surface area contributed by atoms with E-state index in [9.17, 15) is 4.79 Å². The van der Waals surface area contributed by atoms with E-state index in [1.54, 1.807) is 6.20 Å². The molecule has 0 aromatic carbocycles. The van der Waals surface area contributed by atoms with Crippen molar-refractivity contribution in [3.05, 3.63) is 21.2 Å². The summed E-state index contributed by atoms with van der Waals surface area (Å²) in [6.45, 7) is 6.61. The maximum absolute atomic E-state index is 11.8. The highest BCUT2D eigenvalue weighted by Gasteiger charge is 2.14. The van der Waals surface area contributed by atoms with Crippen LogP contribution in [0.2, 0.25) is 0 Å². The third-order valence-electron chi connectivity index (χ3n) is 2.24. The first-order chi connectivity index (χ1) is 8.40. The summed E-state index contributed by atoms with van der Waals surface area (Å²) in [6.07, 6.45) is 1.69. The van der Waals surface area contributed by atoms with Gasteiger partial charge in [-0.15, -0.1) is 0 Å². The number of anilines is 1. The molecule has 1 aromatic rings. The molecular formula is C12H17Br2N3O. The molecule has 0 saturated heterocycles. The highest BCUT2D eigenvalue weighted by molar-refractivity contribution is 9.11. The first-order valence-electron chi connectivity index (χ1n) is 5.75. The van der Waals surface area contributed by atoms with Crippen molar-refractivity contribution in [2.75, 3.05) is 11.9 Å². The predicted octanol–water partition coefficient (Wildman–Crippen LogP) is 3.18. The molecule has 0 bridgehead atoms. The average molecular weight is 379 g/mol. The maximum Gasteiger partial charge on any atom is 0.242 e. The van der Waals surface area contributed by atoms with Crippen molar-refractivity contribution in [3.8, 4) is 0 Å². The van der Waals surface area contributed by atoms with Crippen LogP contribution in [0.5, 0.6) is 0 Å². The fourth-order valence-corrected chi connectivity index (χ4v) is 2.35. The van der Waals surface area contributed by atoms with Crippen LogP contribution in [-0.2, 0) is 4.79 Å². The van der Waals surface area contributed by atoms with Gasteiger partial charge in [0.1, 0.15) is 11.9 Å². The molecule has 1 rings (SSSR count). The first kappa shape index (κ1) is 15.4. The highest BCUT2D eigenvalue weighted by atomic mass is 79.9. The molecule has 1 unspecified atom stereocenters. The number of carbonyl (C=O) groups is 1. The molecule has 18 heavy (non-hydrogen) atoms. The Morgan fingerprint density at radius 3 is 2.61 bits per heavy atom. The van der Waals surface area contributed by atoms with E-state index in [0.29, 0.717) is 18.3 Å². The molecule has 2 N–H and O–H groups in total. The highest BCUT2D eigenvalue weighted by Crippen LogP contribution is 2.23. The van der Waals surface area contributed by atoms with Gasteiger partial charge in [0.25, 0.3) is 0 Å². The number of hydrogen-bond donors (Lipinski definition) is 2. The quantitative estimate of drug-likeness (QED) is 0.827. The van der Waals surface area contributed by atoms with Crippen LogP contribution in [0, 0.1) is 5.92 Å². The average Bonchev–Trinajstić information content (AvgIpc) is 2.29. The summed E-state index contributed by atoms with van der Waals surface area (Å²) in [6, 6.07) is 1.56. The lowest BCUT2D eigenvalue weighted by Gasteiger charge is -2.16. The number of hydrogen-bond acceptors (Lipinski definition) is 3. The predicted molar refractivity (Wildman–Crippen MR) is 80.6 cm³/mol. The van der Waals surface area contributed by atoms with E-state index in [1.165, 1.54) is 0 Å². The van der Waals surface area contributed by atoms with Crippen molar-refractivity contribution in [2.45, 2.75) is 26.8 Å². The Kier molecular flexibility index (Phi) is 6.08. The second kappa shape index (κ2) is 7.09. The Bertz CT molecular complexity index is 424. The number of aromatic nitrogens is 1. The molecule has 4 nitrogen and oxygen atoms in total. The summed E-state index contributed by atoms with van der Waals surface area (Å²) in [5, 5.41) is 5.95. The zero-order valence-corrected chi connectivity index (χ0v) is 13.8. The smallest absolute Gasteiger partial charge is 0.242 e. The van der Waals surface area contributed by atoms with Crippen molar-refractivity contribution in [1.82, 2.24) is 10.3 Å². The minimum Gasteiger partial charge on any atom is -0.358 e. The molecule has 1 aromatic heterocycles. The molecule has 100 valence electrons.